The van der Waals surface area contributed by atoms with Gasteiger partial charge < -0.3 is 14.5 Å². The second-order valence-corrected chi connectivity index (χ2v) is 5.73. The number of aromatic nitrogens is 1. The summed E-state index contributed by atoms with van der Waals surface area (Å²) in [4.78, 5) is 24.9. The number of amides is 1. The van der Waals surface area contributed by atoms with Gasteiger partial charge in [0.2, 0.25) is 5.76 Å². The number of fused-ring (bicyclic) bond motifs is 1. The second kappa shape index (κ2) is 5.26. The summed E-state index contributed by atoms with van der Waals surface area (Å²) >= 11 is 0. The Morgan fingerprint density at radius 2 is 2.00 bits per heavy atom. The third kappa shape index (κ3) is 2.42. The zero-order chi connectivity index (χ0) is 14.1. The monoisotopic (exact) mass is 278 g/mol. The van der Waals surface area contributed by atoms with Crippen molar-refractivity contribution in [1.29, 1.82) is 0 Å². The van der Waals surface area contributed by atoms with E-state index in [2.05, 4.69) is 9.68 Å². The van der Waals surface area contributed by atoms with Crippen LogP contribution in [0.3, 0.4) is 0 Å². The molecule has 1 aliphatic heterocycles. The minimum Gasteiger partial charge on any atom is -0.475 e. The van der Waals surface area contributed by atoms with E-state index in [0.29, 0.717) is 5.92 Å². The fourth-order valence-corrected chi connectivity index (χ4v) is 3.42. The summed E-state index contributed by atoms with van der Waals surface area (Å²) < 4.78 is 4.65. The van der Waals surface area contributed by atoms with E-state index in [1.807, 2.05) is 0 Å². The predicted molar refractivity (Wildman–Crippen MR) is 69.4 cm³/mol. The Balaban J connectivity index is 1.69. The van der Waals surface area contributed by atoms with Crippen LogP contribution in [-0.4, -0.2) is 40.1 Å². The zero-order valence-corrected chi connectivity index (χ0v) is 11.2. The normalized spacial score (nSPS) is 26.1. The zero-order valence-electron chi connectivity index (χ0n) is 11.2. The Kier molecular flexibility index (Phi) is 3.46. The molecule has 2 fully saturated rings. The second-order valence-electron chi connectivity index (χ2n) is 5.73. The largest absolute Gasteiger partial charge is 0.475 e. The van der Waals surface area contributed by atoms with E-state index in [1.54, 1.807) is 4.90 Å². The number of likely N-dealkylation sites (tertiary alicyclic amines) is 1. The lowest BCUT2D eigenvalue weighted by atomic mass is 9.75. The molecular formula is C14H18N2O4. The molecule has 1 aromatic rings. The smallest absolute Gasteiger partial charge is 0.374 e. The van der Waals surface area contributed by atoms with Gasteiger partial charge in [-0.2, -0.15) is 0 Å². The summed E-state index contributed by atoms with van der Waals surface area (Å²) in [6.45, 7) is 1.49. The number of aromatic carboxylic acids is 1. The van der Waals surface area contributed by atoms with Gasteiger partial charge in [-0.15, -0.1) is 0 Å². The molecule has 0 aromatic carbocycles. The first kappa shape index (κ1) is 13.1. The van der Waals surface area contributed by atoms with Gasteiger partial charge in [-0.25, -0.2) is 4.79 Å². The van der Waals surface area contributed by atoms with E-state index in [9.17, 15) is 9.59 Å². The molecule has 1 saturated heterocycles. The molecule has 1 aliphatic carbocycles. The maximum Gasteiger partial charge on any atom is 0.374 e. The fraction of sp³-hybridized carbons (Fsp3) is 0.643. The van der Waals surface area contributed by atoms with Gasteiger partial charge in [0.15, 0.2) is 5.69 Å². The molecule has 2 unspecified atom stereocenters. The average Bonchev–Trinajstić information content (AvgIpc) is 2.96. The van der Waals surface area contributed by atoms with Crippen LogP contribution in [0, 0.1) is 11.8 Å². The molecule has 1 saturated carbocycles. The SMILES string of the molecule is O=C(O)c1cc(C(=O)N2CCC3CCCCC3C2)no1. The summed E-state index contributed by atoms with van der Waals surface area (Å²) in [5, 5.41) is 12.4. The van der Waals surface area contributed by atoms with E-state index in [-0.39, 0.29) is 17.4 Å². The van der Waals surface area contributed by atoms with Gasteiger partial charge in [-0.1, -0.05) is 24.4 Å². The first-order chi connectivity index (χ1) is 9.65. The molecule has 3 rings (SSSR count). The van der Waals surface area contributed by atoms with Crippen molar-refractivity contribution in [3.05, 3.63) is 17.5 Å². The minimum atomic E-state index is -1.21. The van der Waals surface area contributed by atoms with Crippen LogP contribution in [-0.2, 0) is 0 Å². The highest BCUT2D eigenvalue weighted by Crippen LogP contribution is 2.36. The summed E-state index contributed by atoms with van der Waals surface area (Å²) in [6.07, 6.45) is 6.06. The third-order valence-corrected chi connectivity index (χ3v) is 4.52. The number of piperidine rings is 1. The summed E-state index contributed by atoms with van der Waals surface area (Å²) in [5.41, 5.74) is 0.0941. The topological polar surface area (TPSA) is 83.6 Å². The molecule has 0 radical (unpaired) electrons. The Morgan fingerprint density at radius 1 is 1.25 bits per heavy atom. The highest BCUT2D eigenvalue weighted by Gasteiger charge is 2.34. The Bertz CT molecular complexity index is 525. The minimum absolute atomic E-state index is 0.0941. The first-order valence-electron chi connectivity index (χ1n) is 7.14. The lowest BCUT2D eigenvalue weighted by Crippen LogP contribution is -2.44. The molecule has 1 aromatic heterocycles. The molecule has 6 heteroatoms. The van der Waals surface area contributed by atoms with Crippen molar-refractivity contribution in [1.82, 2.24) is 10.1 Å². The number of carboxylic acid groups (broad SMARTS) is 1. The molecule has 0 spiro atoms. The number of carbonyl (C=O) groups excluding carboxylic acids is 1. The van der Waals surface area contributed by atoms with E-state index in [0.717, 1.165) is 25.4 Å². The number of nitrogens with zero attached hydrogens (tertiary/aromatic N) is 2. The average molecular weight is 278 g/mol. The first-order valence-corrected chi connectivity index (χ1v) is 7.14. The van der Waals surface area contributed by atoms with Crippen molar-refractivity contribution >= 4 is 11.9 Å². The van der Waals surface area contributed by atoms with E-state index >= 15 is 0 Å². The van der Waals surface area contributed by atoms with Gasteiger partial charge >= 0.3 is 5.97 Å². The van der Waals surface area contributed by atoms with Crippen LogP contribution in [0.25, 0.3) is 0 Å². The van der Waals surface area contributed by atoms with Crippen LogP contribution in [0.15, 0.2) is 10.6 Å². The maximum atomic E-state index is 12.3. The molecule has 2 heterocycles. The molecule has 6 nitrogen and oxygen atoms in total. The molecule has 2 atom stereocenters. The summed E-state index contributed by atoms with van der Waals surface area (Å²) in [6, 6.07) is 1.21. The molecule has 108 valence electrons. The van der Waals surface area contributed by atoms with Gasteiger partial charge in [0, 0.05) is 19.2 Å². The molecule has 0 bridgehead atoms. The van der Waals surface area contributed by atoms with E-state index < -0.39 is 5.97 Å². The third-order valence-electron chi connectivity index (χ3n) is 4.52. The Morgan fingerprint density at radius 3 is 2.70 bits per heavy atom. The lowest BCUT2D eigenvalue weighted by Gasteiger charge is -2.41. The number of rotatable bonds is 2. The van der Waals surface area contributed by atoms with Gasteiger partial charge in [0.05, 0.1) is 0 Å². The van der Waals surface area contributed by atoms with Crippen molar-refractivity contribution in [3.8, 4) is 0 Å². The number of hydrogen-bond acceptors (Lipinski definition) is 4. The maximum absolute atomic E-state index is 12.3. The van der Waals surface area contributed by atoms with Crippen LogP contribution in [0.1, 0.15) is 53.1 Å². The van der Waals surface area contributed by atoms with Crippen LogP contribution >= 0.6 is 0 Å². The van der Waals surface area contributed by atoms with Crippen LogP contribution in [0.2, 0.25) is 0 Å². The van der Waals surface area contributed by atoms with Gasteiger partial charge in [0.1, 0.15) is 0 Å². The van der Waals surface area contributed by atoms with E-state index in [1.165, 1.54) is 31.7 Å². The standard InChI is InChI=1S/C14H18N2O4/c17-13(11-7-12(14(18)19)20-15-11)16-6-5-9-3-1-2-4-10(9)8-16/h7,9-10H,1-6,8H2,(H,18,19). The summed E-state index contributed by atoms with van der Waals surface area (Å²) in [7, 11) is 0. The predicted octanol–water partition coefficient (Wildman–Crippen LogP) is 2.03. The highest BCUT2D eigenvalue weighted by atomic mass is 16.5. The lowest BCUT2D eigenvalue weighted by molar-refractivity contribution is 0.0510. The number of carbonyl (C=O) groups is 2. The molecule has 2 aliphatic rings. The quantitative estimate of drug-likeness (QED) is 0.894. The van der Waals surface area contributed by atoms with Gasteiger partial charge in [-0.3, -0.25) is 4.79 Å². The highest BCUT2D eigenvalue weighted by molar-refractivity contribution is 5.94. The number of hydrogen-bond donors (Lipinski definition) is 1. The van der Waals surface area contributed by atoms with Gasteiger partial charge in [-0.05, 0) is 24.7 Å². The molecule has 20 heavy (non-hydrogen) atoms. The Labute approximate surface area is 116 Å². The molecule has 1 amide bonds. The van der Waals surface area contributed by atoms with Crippen molar-refractivity contribution < 1.29 is 19.2 Å². The van der Waals surface area contributed by atoms with Crippen LogP contribution < -0.4 is 0 Å². The van der Waals surface area contributed by atoms with Crippen molar-refractivity contribution in [2.24, 2.45) is 11.8 Å². The van der Waals surface area contributed by atoms with Gasteiger partial charge in [0.25, 0.3) is 5.91 Å². The van der Waals surface area contributed by atoms with Crippen molar-refractivity contribution in [2.45, 2.75) is 32.1 Å². The fourth-order valence-electron chi connectivity index (χ4n) is 3.42. The number of carboxylic acids is 1. The van der Waals surface area contributed by atoms with E-state index in [4.69, 9.17) is 5.11 Å². The van der Waals surface area contributed by atoms with Crippen LogP contribution in [0.5, 0.6) is 0 Å². The summed E-state index contributed by atoms with van der Waals surface area (Å²) in [5.74, 6) is -0.374. The van der Waals surface area contributed by atoms with Crippen molar-refractivity contribution in [2.75, 3.05) is 13.1 Å². The molecular weight excluding hydrogens is 260 g/mol. The van der Waals surface area contributed by atoms with Crippen molar-refractivity contribution in [3.63, 3.8) is 0 Å². The molecule has 1 N–H and O–H groups in total. The van der Waals surface area contributed by atoms with Crippen LogP contribution in [0.4, 0.5) is 0 Å². The Hall–Kier alpha value is -1.85.